The number of sulfonamides is 1. The number of nitrogens with one attached hydrogen (secondary N) is 1. The fourth-order valence-electron chi connectivity index (χ4n) is 2.78. The van der Waals surface area contributed by atoms with Crippen LogP contribution in [0.1, 0.15) is 18.4 Å². The molecule has 0 unspecified atom stereocenters. The Bertz CT molecular complexity index is 802. The van der Waals surface area contributed by atoms with Crippen LogP contribution in [0.2, 0.25) is 0 Å². The van der Waals surface area contributed by atoms with Gasteiger partial charge in [-0.3, -0.25) is 0 Å². The molecule has 1 aliphatic rings. The van der Waals surface area contributed by atoms with Gasteiger partial charge in [-0.15, -0.1) is 0 Å². The zero-order valence-electron chi connectivity index (χ0n) is 13.5. The van der Waals surface area contributed by atoms with Crippen LogP contribution in [0.5, 0.6) is 0 Å². The van der Waals surface area contributed by atoms with Crippen LogP contribution in [0.15, 0.2) is 41.4 Å². The van der Waals surface area contributed by atoms with Gasteiger partial charge in [0.25, 0.3) is 0 Å². The first-order valence-electron chi connectivity index (χ1n) is 7.87. The summed E-state index contributed by atoms with van der Waals surface area (Å²) in [6.45, 7) is 2.87. The minimum atomic E-state index is -3.41. The number of hydrogen-bond donors (Lipinski definition) is 2. The highest BCUT2D eigenvalue weighted by atomic mass is 32.2. The third-order valence-electron chi connectivity index (χ3n) is 4.17. The minimum absolute atomic E-state index is 0.167. The van der Waals surface area contributed by atoms with Gasteiger partial charge in [0.15, 0.2) is 0 Å². The molecule has 128 valence electrons. The smallest absolute Gasteiger partial charge is 0.243 e. The molecule has 0 atom stereocenters. The fourth-order valence-corrected chi connectivity index (χ4v) is 4.27. The van der Waals surface area contributed by atoms with E-state index in [1.165, 1.54) is 0 Å². The van der Waals surface area contributed by atoms with Gasteiger partial charge in [-0.1, -0.05) is 18.2 Å². The predicted molar refractivity (Wildman–Crippen MR) is 93.0 cm³/mol. The summed E-state index contributed by atoms with van der Waals surface area (Å²) in [5.41, 5.74) is 6.55. The Morgan fingerprint density at radius 3 is 2.54 bits per heavy atom. The highest BCUT2D eigenvalue weighted by Gasteiger charge is 2.29. The summed E-state index contributed by atoms with van der Waals surface area (Å²) in [5.74, 6) is 0.944. The number of nitrogen functional groups attached to an aromatic ring is 1. The Kier molecular flexibility index (Phi) is 4.68. The fraction of sp³-hybridized carbons (Fsp3) is 0.375. The monoisotopic (exact) mass is 347 g/mol. The summed E-state index contributed by atoms with van der Waals surface area (Å²) in [4.78, 5) is 8.50. The highest BCUT2D eigenvalue weighted by molar-refractivity contribution is 7.89. The molecule has 24 heavy (non-hydrogen) atoms. The second-order valence-corrected chi connectivity index (χ2v) is 7.83. The van der Waals surface area contributed by atoms with Crippen molar-refractivity contribution in [2.45, 2.75) is 30.7 Å². The SMILES string of the molecule is Cc1cnc(N)nc1NC1CCN(S(=O)(=O)c2ccccc2)CC1. The van der Waals surface area contributed by atoms with Crippen molar-refractivity contribution < 1.29 is 8.42 Å². The predicted octanol–water partition coefficient (Wildman–Crippen LogP) is 1.63. The number of benzene rings is 1. The number of anilines is 2. The molecule has 8 heteroatoms. The summed E-state index contributed by atoms with van der Waals surface area (Å²) in [6, 6.07) is 8.72. The summed E-state index contributed by atoms with van der Waals surface area (Å²) in [5, 5.41) is 3.35. The van der Waals surface area contributed by atoms with E-state index in [9.17, 15) is 8.42 Å². The van der Waals surface area contributed by atoms with Crippen LogP contribution in [0.3, 0.4) is 0 Å². The molecule has 1 aliphatic heterocycles. The van der Waals surface area contributed by atoms with Gasteiger partial charge in [-0.05, 0) is 31.9 Å². The lowest BCUT2D eigenvalue weighted by molar-refractivity contribution is 0.329. The number of nitrogens with two attached hydrogens (primary N) is 1. The summed E-state index contributed by atoms with van der Waals surface area (Å²) in [7, 11) is -3.41. The first kappa shape index (κ1) is 16.7. The Hall–Kier alpha value is -2.19. The zero-order valence-corrected chi connectivity index (χ0v) is 14.3. The molecule has 0 radical (unpaired) electrons. The zero-order chi connectivity index (χ0) is 17.2. The molecular weight excluding hydrogens is 326 g/mol. The largest absolute Gasteiger partial charge is 0.368 e. The van der Waals surface area contributed by atoms with E-state index in [-0.39, 0.29) is 12.0 Å². The molecule has 3 rings (SSSR count). The van der Waals surface area contributed by atoms with Gasteiger partial charge in [0.05, 0.1) is 4.90 Å². The molecule has 0 saturated carbocycles. The Labute approximate surface area is 142 Å². The van der Waals surface area contributed by atoms with Crippen molar-refractivity contribution in [2.75, 3.05) is 24.1 Å². The van der Waals surface area contributed by atoms with E-state index in [0.717, 1.165) is 18.4 Å². The van der Waals surface area contributed by atoms with Crippen molar-refractivity contribution in [3.63, 3.8) is 0 Å². The normalized spacial score (nSPS) is 16.9. The van der Waals surface area contributed by atoms with E-state index in [0.29, 0.717) is 23.8 Å². The van der Waals surface area contributed by atoms with Gasteiger partial charge in [-0.25, -0.2) is 13.4 Å². The first-order valence-corrected chi connectivity index (χ1v) is 9.31. The molecule has 2 aromatic rings. The maximum Gasteiger partial charge on any atom is 0.243 e. The van der Waals surface area contributed by atoms with Crippen LogP contribution in [-0.2, 0) is 10.0 Å². The van der Waals surface area contributed by atoms with Crippen LogP contribution in [0, 0.1) is 6.92 Å². The van der Waals surface area contributed by atoms with Crippen molar-refractivity contribution in [3.05, 3.63) is 42.1 Å². The minimum Gasteiger partial charge on any atom is -0.368 e. The molecule has 1 saturated heterocycles. The number of aryl methyl sites for hydroxylation is 1. The van der Waals surface area contributed by atoms with Crippen molar-refractivity contribution >= 4 is 21.8 Å². The number of rotatable bonds is 4. The Morgan fingerprint density at radius 2 is 1.88 bits per heavy atom. The van der Waals surface area contributed by atoms with Crippen molar-refractivity contribution in [1.29, 1.82) is 0 Å². The van der Waals surface area contributed by atoms with E-state index in [2.05, 4.69) is 15.3 Å². The second-order valence-electron chi connectivity index (χ2n) is 5.90. The second kappa shape index (κ2) is 6.74. The maximum absolute atomic E-state index is 12.6. The molecule has 1 aromatic carbocycles. The molecule has 1 aromatic heterocycles. The van der Waals surface area contributed by atoms with Gasteiger partial charge >= 0.3 is 0 Å². The number of hydrogen-bond acceptors (Lipinski definition) is 6. The van der Waals surface area contributed by atoms with Crippen LogP contribution in [-0.4, -0.2) is 41.8 Å². The van der Waals surface area contributed by atoms with Crippen molar-refractivity contribution in [3.8, 4) is 0 Å². The number of piperidine rings is 1. The standard InChI is InChI=1S/C16H21N5O2S/c1-12-11-18-16(17)20-15(12)19-13-7-9-21(10-8-13)24(22,23)14-5-3-2-4-6-14/h2-6,11,13H,7-10H2,1H3,(H3,17,18,19,20). The maximum atomic E-state index is 12.6. The lowest BCUT2D eigenvalue weighted by Gasteiger charge is -2.32. The molecule has 0 aliphatic carbocycles. The lowest BCUT2D eigenvalue weighted by Crippen LogP contribution is -2.42. The average Bonchev–Trinajstić information content (AvgIpc) is 2.59. The van der Waals surface area contributed by atoms with Crippen LogP contribution in [0.25, 0.3) is 0 Å². The average molecular weight is 347 g/mol. The molecule has 7 nitrogen and oxygen atoms in total. The van der Waals surface area contributed by atoms with Crippen LogP contribution >= 0.6 is 0 Å². The quantitative estimate of drug-likeness (QED) is 0.872. The summed E-state index contributed by atoms with van der Waals surface area (Å²) >= 11 is 0. The van der Waals surface area contributed by atoms with Crippen molar-refractivity contribution in [2.24, 2.45) is 0 Å². The van der Waals surface area contributed by atoms with E-state index in [1.54, 1.807) is 34.8 Å². The molecule has 1 fully saturated rings. The van der Waals surface area contributed by atoms with E-state index in [1.807, 2.05) is 13.0 Å². The third kappa shape index (κ3) is 3.49. The molecular formula is C16H21N5O2S. The molecule has 0 spiro atoms. The van der Waals surface area contributed by atoms with Gasteiger partial charge in [0, 0.05) is 30.9 Å². The van der Waals surface area contributed by atoms with Gasteiger partial charge in [-0.2, -0.15) is 9.29 Å². The summed E-state index contributed by atoms with van der Waals surface area (Å²) < 4.78 is 26.8. The van der Waals surface area contributed by atoms with Gasteiger partial charge in [0.2, 0.25) is 16.0 Å². The number of nitrogens with zero attached hydrogens (tertiary/aromatic N) is 3. The summed E-state index contributed by atoms with van der Waals surface area (Å²) in [6.07, 6.45) is 3.12. The lowest BCUT2D eigenvalue weighted by atomic mass is 10.1. The van der Waals surface area contributed by atoms with Crippen LogP contribution < -0.4 is 11.1 Å². The molecule has 0 bridgehead atoms. The van der Waals surface area contributed by atoms with Crippen LogP contribution in [0.4, 0.5) is 11.8 Å². The van der Waals surface area contributed by atoms with E-state index >= 15 is 0 Å². The molecule has 2 heterocycles. The third-order valence-corrected chi connectivity index (χ3v) is 6.08. The molecule has 3 N–H and O–H groups in total. The van der Waals surface area contributed by atoms with Crippen molar-refractivity contribution in [1.82, 2.24) is 14.3 Å². The first-order chi connectivity index (χ1) is 11.5. The highest BCUT2D eigenvalue weighted by Crippen LogP contribution is 2.23. The van der Waals surface area contributed by atoms with E-state index in [4.69, 9.17) is 5.73 Å². The topological polar surface area (TPSA) is 101 Å². The van der Waals surface area contributed by atoms with Gasteiger partial charge in [0.1, 0.15) is 5.82 Å². The molecule has 0 amide bonds. The Balaban J connectivity index is 1.65. The Morgan fingerprint density at radius 1 is 1.21 bits per heavy atom. The van der Waals surface area contributed by atoms with Gasteiger partial charge < -0.3 is 11.1 Å². The number of aromatic nitrogens is 2. The van der Waals surface area contributed by atoms with E-state index < -0.39 is 10.0 Å².